The number of para-hydroxylation sites is 3. The van der Waals surface area contributed by atoms with Crippen LogP contribution in [0, 0.1) is 0 Å². The quantitative estimate of drug-likeness (QED) is 0.719. The monoisotopic (exact) mass is 231 g/mol. The third-order valence-corrected chi connectivity index (χ3v) is 2.12. The molecule has 0 aromatic heterocycles. The number of hydrogen-bond acceptors (Lipinski definition) is 2. The molecule has 0 atom stereocenters. The lowest BCUT2D eigenvalue weighted by Crippen LogP contribution is -1.83. The minimum Gasteiger partial charge on any atom is -0.455 e. The zero-order valence-corrected chi connectivity index (χ0v) is 9.26. The van der Waals surface area contributed by atoms with E-state index in [1.807, 2.05) is 54.6 Å². The first-order valence-electron chi connectivity index (χ1n) is 4.85. The SMILES string of the molecule is ClC=Nc1ccccc1Oc1ccccc1. The molecule has 0 saturated heterocycles. The van der Waals surface area contributed by atoms with Gasteiger partial charge in [0.2, 0.25) is 0 Å². The van der Waals surface area contributed by atoms with Crippen LogP contribution in [0.25, 0.3) is 0 Å². The Bertz CT molecular complexity index is 482. The lowest BCUT2D eigenvalue weighted by Gasteiger charge is -2.07. The molecule has 3 heteroatoms. The maximum absolute atomic E-state index is 5.69. The Morgan fingerprint density at radius 3 is 2.38 bits per heavy atom. The van der Waals surface area contributed by atoms with Crippen LogP contribution < -0.4 is 4.74 Å². The molecule has 80 valence electrons. The summed E-state index contributed by atoms with van der Waals surface area (Å²) in [4.78, 5) is 4.02. The van der Waals surface area contributed by atoms with Gasteiger partial charge in [-0.05, 0) is 24.3 Å². The third kappa shape index (κ3) is 2.61. The van der Waals surface area contributed by atoms with Gasteiger partial charge in [0.25, 0.3) is 0 Å². The Hall–Kier alpha value is -1.80. The summed E-state index contributed by atoms with van der Waals surface area (Å²) in [5, 5.41) is 0. The summed E-state index contributed by atoms with van der Waals surface area (Å²) in [6.07, 6.45) is 0. The van der Waals surface area contributed by atoms with Crippen molar-refractivity contribution in [3.05, 3.63) is 54.6 Å². The average Bonchev–Trinajstić information content (AvgIpc) is 2.33. The van der Waals surface area contributed by atoms with Gasteiger partial charge in [-0.25, -0.2) is 4.99 Å². The molecule has 0 saturated carbocycles. The van der Waals surface area contributed by atoms with Gasteiger partial charge in [0.15, 0.2) is 5.75 Å². The highest BCUT2D eigenvalue weighted by atomic mass is 35.5. The molecule has 2 aromatic rings. The van der Waals surface area contributed by atoms with Crippen molar-refractivity contribution in [3.8, 4) is 11.5 Å². The van der Waals surface area contributed by atoms with Crippen LogP contribution in [0.1, 0.15) is 0 Å². The van der Waals surface area contributed by atoms with Gasteiger partial charge in [-0.2, -0.15) is 0 Å². The van der Waals surface area contributed by atoms with Crippen LogP contribution in [0.3, 0.4) is 0 Å². The normalized spacial score (nSPS) is 10.6. The zero-order valence-electron chi connectivity index (χ0n) is 8.51. The molecule has 2 nitrogen and oxygen atoms in total. The molecule has 0 aliphatic rings. The van der Waals surface area contributed by atoms with Crippen LogP contribution in [-0.4, -0.2) is 5.67 Å². The predicted octanol–water partition coefficient (Wildman–Crippen LogP) is 4.38. The van der Waals surface area contributed by atoms with Crippen molar-refractivity contribution < 1.29 is 4.74 Å². The third-order valence-electron chi connectivity index (χ3n) is 2.02. The zero-order chi connectivity index (χ0) is 11.2. The Morgan fingerprint density at radius 2 is 1.62 bits per heavy atom. The van der Waals surface area contributed by atoms with E-state index in [0.717, 1.165) is 5.75 Å². The molecule has 0 N–H and O–H groups in total. The van der Waals surface area contributed by atoms with E-state index in [0.29, 0.717) is 11.4 Å². The summed E-state index contributed by atoms with van der Waals surface area (Å²) in [6, 6.07) is 17.0. The van der Waals surface area contributed by atoms with Crippen LogP contribution in [0.5, 0.6) is 11.5 Å². The summed E-state index contributed by atoms with van der Waals surface area (Å²) in [5.74, 6) is 1.46. The Morgan fingerprint density at radius 1 is 0.938 bits per heavy atom. The summed E-state index contributed by atoms with van der Waals surface area (Å²) >= 11 is 5.46. The molecule has 0 aliphatic carbocycles. The Balaban J connectivity index is 2.28. The summed E-state index contributed by atoms with van der Waals surface area (Å²) in [6.45, 7) is 0. The number of benzene rings is 2. The van der Waals surface area contributed by atoms with Gasteiger partial charge in [-0.1, -0.05) is 41.9 Å². The van der Waals surface area contributed by atoms with Crippen molar-refractivity contribution in [2.24, 2.45) is 4.99 Å². The first kappa shape index (κ1) is 10.7. The van der Waals surface area contributed by atoms with Crippen molar-refractivity contribution in [1.29, 1.82) is 0 Å². The lowest BCUT2D eigenvalue weighted by atomic mass is 10.3. The number of ether oxygens (including phenoxy) is 1. The Labute approximate surface area is 99.2 Å². The van der Waals surface area contributed by atoms with E-state index < -0.39 is 0 Å². The molecule has 0 spiro atoms. The van der Waals surface area contributed by atoms with Crippen LogP contribution in [0.2, 0.25) is 0 Å². The molecule has 0 fully saturated rings. The highest BCUT2D eigenvalue weighted by Crippen LogP contribution is 2.30. The van der Waals surface area contributed by atoms with Crippen molar-refractivity contribution in [1.82, 2.24) is 0 Å². The number of hydrogen-bond donors (Lipinski definition) is 0. The lowest BCUT2D eigenvalue weighted by molar-refractivity contribution is 0.484. The van der Waals surface area contributed by atoms with Crippen molar-refractivity contribution in [3.63, 3.8) is 0 Å². The van der Waals surface area contributed by atoms with Crippen LogP contribution in [-0.2, 0) is 0 Å². The van der Waals surface area contributed by atoms with E-state index in [-0.39, 0.29) is 0 Å². The highest BCUT2D eigenvalue weighted by Gasteiger charge is 2.01. The maximum atomic E-state index is 5.69. The molecule has 2 aromatic carbocycles. The standard InChI is InChI=1S/C13H10ClNO/c14-10-15-12-8-4-5-9-13(12)16-11-6-2-1-3-7-11/h1-10H. The molecule has 0 unspecified atom stereocenters. The van der Waals surface area contributed by atoms with E-state index in [9.17, 15) is 0 Å². The second-order valence-electron chi connectivity index (χ2n) is 3.11. The van der Waals surface area contributed by atoms with Crippen LogP contribution in [0.4, 0.5) is 5.69 Å². The Kier molecular flexibility index (Phi) is 3.57. The molecule has 16 heavy (non-hydrogen) atoms. The number of nitrogens with zero attached hydrogens (tertiary/aromatic N) is 1. The molecule has 2 rings (SSSR count). The molecule has 0 radical (unpaired) electrons. The van der Waals surface area contributed by atoms with Gasteiger partial charge in [0, 0.05) is 0 Å². The van der Waals surface area contributed by atoms with Crippen LogP contribution >= 0.6 is 11.6 Å². The largest absolute Gasteiger partial charge is 0.455 e. The van der Waals surface area contributed by atoms with E-state index in [1.54, 1.807) is 0 Å². The fourth-order valence-electron chi connectivity index (χ4n) is 1.32. The second kappa shape index (κ2) is 5.33. The molecular formula is C13H10ClNO. The van der Waals surface area contributed by atoms with E-state index in [4.69, 9.17) is 16.3 Å². The summed E-state index contributed by atoms with van der Waals surface area (Å²) in [5.41, 5.74) is 1.94. The molecule has 0 bridgehead atoms. The molecule has 0 aliphatic heterocycles. The number of rotatable bonds is 3. The van der Waals surface area contributed by atoms with E-state index in [1.165, 1.54) is 5.67 Å². The smallest absolute Gasteiger partial charge is 0.153 e. The number of aliphatic imine (C=N–C) groups is 1. The fourth-order valence-corrected chi connectivity index (χ4v) is 1.42. The second-order valence-corrected chi connectivity index (χ2v) is 3.30. The number of halogens is 1. The first-order valence-corrected chi connectivity index (χ1v) is 5.28. The van der Waals surface area contributed by atoms with Gasteiger partial charge in [0.1, 0.15) is 11.4 Å². The van der Waals surface area contributed by atoms with Crippen molar-refractivity contribution >= 4 is 23.0 Å². The van der Waals surface area contributed by atoms with Gasteiger partial charge in [-0.3, -0.25) is 0 Å². The van der Waals surface area contributed by atoms with Gasteiger partial charge in [-0.15, -0.1) is 0 Å². The first-order chi connectivity index (χ1) is 7.90. The fraction of sp³-hybridized carbons (Fsp3) is 0. The van der Waals surface area contributed by atoms with Gasteiger partial charge < -0.3 is 4.74 Å². The highest BCUT2D eigenvalue weighted by molar-refractivity contribution is 6.56. The minimum absolute atomic E-state index is 0.686. The van der Waals surface area contributed by atoms with Gasteiger partial charge in [0.05, 0.1) is 5.67 Å². The molecule has 0 heterocycles. The summed E-state index contributed by atoms with van der Waals surface area (Å²) < 4.78 is 5.69. The van der Waals surface area contributed by atoms with Gasteiger partial charge >= 0.3 is 0 Å². The molecule has 0 amide bonds. The summed E-state index contributed by atoms with van der Waals surface area (Å²) in [7, 11) is 0. The topological polar surface area (TPSA) is 21.6 Å². The minimum atomic E-state index is 0.686. The molecular weight excluding hydrogens is 222 g/mol. The maximum Gasteiger partial charge on any atom is 0.153 e. The van der Waals surface area contributed by atoms with E-state index in [2.05, 4.69) is 4.99 Å². The van der Waals surface area contributed by atoms with E-state index >= 15 is 0 Å². The van der Waals surface area contributed by atoms with Crippen molar-refractivity contribution in [2.45, 2.75) is 0 Å². The predicted molar refractivity (Wildman–Crippen MR) is 67.0 cm³/mol. The average molecular weight is 232 g/mol. The van der Waals surface area contributed by atoms with Crippen LogP contribution in [0.15, 0.2) is 59.6 Å². The van der Waals surface area contributed by atoms with Crippen molar-refractivity contribution in [2.75, 3.05) is 0 Å².